The molecule has 2 rings (SSSR count). The van der Waals surface area contributed by atoms with Gasteiger partial charge < -0.3 is 20.0 Å². The van der Waals surface area contributed by atoms with Crippen LogP contribution in [0.2, 0.25) is 0 Å². The van der Waals surface area contributed by atoms with E-state index in [-0.39, 0.29) is 18.4 Å². The summed E-state index contributed by atoms with van der Waals surface area (Å²) in [7, 11) is 1.28. The van der Waals surface area contributed by atoms with E-state index in [2.05, 4.69) is 5.32 Å². The van der Waals surface area contributed by atoms with Gasteiger partial charge in [-0.2, -0.15) is 0 Å². The molecule has 1 N–H and O–H groups in total. The van der Waals surface area contributed by atoms with Crippen molar-refractivity contribution in [1.82, 2.24) is 0 Å². The molecule has 26 heavy (non-hydrogen) atoms. The van der Waals surface area contributed by atoms with Crippen LogP contribution in [0.25, 0.3) is 11.1 Å². The number of benzene rings is 1. The average molecular weight is 374 g/mol. The van der Waals surface area contributed by atoms with E-state index in [4.69, 9.17) is 4.74 Å². The molecule has 1 aromatic heterocycles. The zero-order valence-electron chi connectivity index (χ0n) is 15.1. The lowest BCUT2D eigenvalue weighted by molar-refractivity contribution is -0.305. The van der Waals surface area contributed by atoms with Gasteiger partial charge in [-0.25, -0.2) is 4.79 Å². The maximum atomic E-state index is 12.4. The topological polar surface area (TPSA) is 95.5 Å². The average Bonchev–Trinajstić information content (AvgIpc) is 2.90. The van der Waals surface area contributed by atoms with E-state index >= 15 is 0 Å². The molecule has 0 fully saturated rings. The number of carbonyl (C=O) groups excluding carboxylic acids is 3. The summed E-state index contributed by atoms with van der Waals surface area (Å²) in [5.41, 5.74) is 4.07. The Kier molecular flexibility index (Phi) is 6.15. The van der Waals surface area contributed by atoms with Crippen molar-refractivity contribution in [3.8, 4) is 11.1 Å². The number of anilines is 1. The van der Waals surface area contributed by atoms with Gasteiger partial charge in [0.1, 0.15) is 10.6 Å². The highest BCUT2D eigenvalue weighted by Crippen LogP contribution is 2.40. The summed E-state index contributed by atoms with van der Waals surface area (Å²) in [6.07, 6.45) is -0.605. The number of carboxylic acids is 1. The normalized spacial score (nSPS) is 10.5. The van der Waals surface area contributed by atoms with E-state index in [1.807, 2.05) is 39.0 Å². The maximum absolute atomic E-state index is 12.4. The fraction of sp³-hybridized carbons (Fsp3) is 0.316. The molecule has 6 nitrogen and oxygen atoms in total. The van der Waals surface area contributed by atoms with Crippen LogP contribution in [0.3, 0.4) is 0 Å². The molecule has 0 saturated carbocycles. The summed E-state index contributed by atoms with van der Waals surface area (Å²) in [5, 5.41) is 13.5. The van der Waals surface area contributed by atoms with Gasteiger partial charge in [-0.15, -0.1) is 11.3 Å². The number of aliphatic carboxylic acids is 1. The summed E-state index contributed by atoms with van der Waals surface area (Å²) in [6.45, 7) is 5.85. The number of amides is 1. The Bertz CT molecular complexity index is 869. The van der Waals surface area contributed by atoms with Crippen LogP contribution >= 0.6 is 11.3 Å². The van der Waals surface area contributed by atoms with E-state index in [9.17, 15) is 19.5 Å². The quantitative estimate of drug-likeness (QED) is 0.784. The minimum atomic E-state index is -1.30. The van der Waals surface area contributed by atoms with Gasteiger partial charge in [0.2, 0.25) is 5.91 Å². The van der Waals surface area contributed by atoms with Gasteiger partial charge in [-0.1, -0.05) is 18.2 Å². The SMILES string of the molecule is COC(=O)c1c(NC(=O)CCC(=O)[O-])sc(C)c1-c1ccc(C)c(C)c1. The largest absolute Gasteiger partial charge is 0.550 e. The first-order chi connectivity index (χ1) is 12.2. The van der Waals surface area contributed by atoms with Gasteiger partial charge in [0.15, 0.2) is 0 Å². The standard InChI is InChI=1S/C19H21NO5S/c1-10-5-6-13(9-11(10)2)16-12(3)26-18(17(16)19(24)25-4)20-14(21)7-8-15(22)23/h5-6,9H,7-8H2,1-4H3,(H,20,21)(H,22,23)/p-1. The van der Waals surface area contributed by atoms with E-state index in [0.717, 1.165) is 21.6 Å². The lowest BCUT2D eigenvalue weighted by Gasteiger charge is -2.10. The van der Waals surface area contributed by atoms with Gasteiger partial charge in [-0.05, 0) is 43.9 Å². The lowest BCUT2D eigenvalue weighted by atomic mass is 9.97. The van der Waals surface area contributed by atoms with E-state index in [1.165, 1.54) is 18.4 Å². The molecule has 0 radical (unpaired) electrons. The molecule has 138 valence electrons. The van der Waals surface area contributed by atoms with Crippen LogP contribution in [0.1, 0.15) is 39.2 Å². The van der Waals surface area contributed by atoms with Gasteiger partial charge in [0.25, 0.3) is 0 Å². The predicted octanol–water partition coefficient (Wildman–Crippen LogP) is 2.60. The molecular weight excluding hydrogens is 354 g/mol. The number of rotatable bonds is 6. The molecule has 0 aliphatic rings. The van der Waals surface area contributed by atoms with Crippen LogP contribution in [0.5, 0.6) is 0 Å². The highest BCUT2D eigenvalue weighted by Gasteiger charge is 2.25. The Morgan fingerprint density at radius 3 is 2.38 bits per heavy atom. The highest BCUT2D eigenvalue weighted by molar-refractivity contribution is 7.17. The van der Waals surface area contributed by atoms with Crippen molar-refractivity contribution < 1.29 is 24.2 Å². The number of methoxy groups -OCH3 is 1. The minimum absolute atomic E-state index is 0.223. The van der Waals surface area contributed by atoms with E-state index < -0.39 is 17.8 Å². The molecule has 0 atom stereocenters. The second kappa shape index (κ2) is 8.14. The van der Waals surface area contributed by atoms with Crippen LogP contribution in [0.4, 0.5) is 5.00 Å². The highest BCUT2D eigenvalue weighted by atomic mass is 32.1. The van der Waals surface area contributed by atoms with Crippen molar-refractivity contribution in [1.29, 1.82) is 0 Å². The molecule has 1 aromatic carbocycles. The molecule has 0 saturated heterocycles. The number of nitrogens with one attached hydrogen (secondary N) is 1. The molecule has 2 aromatic rings. The smallest absolute Gasteiger partial charge is 0.341 e. The Labute approximate surface area is 155 Å². The van der Waals surface area contributed by atoms with Gasteiger partial charge in [0, 0.05) is 22.8 Å². The minimum Gasteiger partial charge on any atom is -0.550 e. The number of hydrogen-bond donors (Lipinski definition) is 1. The Hall–Kier alpha value is -2.67. The van der Waals surface area contributed by atoms with Crippen LogP contribution < -0.4 is 10.4 Å². The van der Waals surface area contributed by atoms with E-state index in [0.29, 0.717) is 10.6 Å². The maximum Gasteiger partial charge on any atom is 0.341 e. The molecule has 0 bridgehead atoms. The van der Waals surface area contributed by atoms with Crippen LogP contribution in [-0.4, -0.2) is 25.0 Å². The Morgan fingerprint density at radius 1 is 1.12 bits per heavy atom. The summed E-state index contributed by atoms with van der Waals surface area (Å²) in [4.78, 5) is 35.7. The first-order valence-corrected chi connectivity index (χ1v) is 8.85. The van der Waals surface area contributed by atoms with Crippen LogP contribution in [0.15, 0.2) is 18.2 Å². The Morgan fingerprint density at radius 2 is 1.81 bits per heavy atom. The van der Waals surface area contributed by atoms with Crippen molar-refractivity contribution in [2.75, 3.05) is 12.4 Å². The lowest BCUT2D eigenvalue weighted by Crippen LogP contribution is -2.24. The number of esters is 1. The first kappa shape index (κ1) is 19.7. The van der Waals surface area contributed by atoms with Crippen molar-refractivity contribution in [3.05, 3.63) is 39.8 Å². The third-order valence-electron chi connectivity index (χ3n) is 4.08. The zero-order chi connectivity index (χ0) is 19.4. The summed E-state index contributed by atoms with van der Waals surface area (Å²) in [6, 6.07) is 5.88. The van der Waals surface area contributed by atoms with Crippen LogP contribution in [0, 0.1) is 20.8 Å². The second-order valence-corrected chi connectivity index (χ2v) is 7.17. The Balaban J connectivity index is 2.47. The van der Waals surface area contributed by atoms with Crippen molar-refractivity contribution in [2.24, 2.45) is 0 Å². The third kappa shape index (κ3) is 4.29. The first-order valence-electron chi connectivity index (χ1n) is 8.03. The molecular formula is C19H20NO5S-. The molecule has 1 heterocycles. The molecule has 1 amide bonds. The number of ether oxygens (including phenoxy) is 1. The number of thiophene rings is 1. The fourth-order valence-electron chi connectivity index (χ4n) is 2.58. The summed E-state index contributed by atoms with van der Waals surface area (Å²) in [5.74, 6) is -2.35. The third-order valence-corrected chi connectivity index (χ3v) is 5.10. The molecule has 0 aliphatic carbocycles. The summed E-state index contributed by atoms with van der Waals surface area (Å²) >= 11 is 1.26. The van der Waals surface area contributed by atoms with Gasteiger partial charge in [-0.3, -0.25) is 4.79 Å². The van der Waals surface area contributed by atoms with Crippen LogP contribution in [-0.2, 0) is 14.3 Å². The van der Waals surface area contributed by atoms with Gasteiger partial charge in [0.05, 0.1) is 7.11 Å². The number of carboxylic acid groups (broad SMARTS) is 1. The summed E-state index contributed by atoms with van der Waals surface area (Å²) < 4.78 is 4.90. The second-order valence-electron chi connectivity index (χ2n) is 5.95. The molecule has 0 unspecified atom stereocenters. The number of carbonyl (C=O) groups is 3. The number of hydrogen-bond acceptors (Lipinski definition) is 6. The van der Waals surface area contributed by atoms with Crippen molar-refractivity contribution >= 4 is 34.2 Å². The monoisotopic (exact) mass is 374 g/mol. The molecule has 0 spiro atoms. The van der Waals surface area contributed by atoms with Crippen molar-refractivity contribution in [2.45, 2.75) is 33.6 Å². The fourth-order valence-corrected chi connectivity index (χ4v) is 3.66. The predicted molar refractivity (Wildman–Crippen MR) is 98.2 cm³/mol. The zero-order valence-corrected chi connectivity index (χ0v) is 15.9. The molecule has 7 heteroatoms. The number of aryl methyl sites for hydroxylation is 3. The van der Waals surface area contributed by atoms with E-state index in [1.54, 1.807) is 0 Å². The van der Waals surface area contributed by atoms with Crippen molar-refractivity contribution in [3.63, 3.8) is 0 Å². The van der Waals surface area contributed by atoms with Gasteiger partial charge >= 0.3 is 5.97 Å². The molecule has 0 aliphatic heterocycles.